The van der Waals surface area contributed by atoms with Crippen molar-refractivity contribution in [2.45, 2.75) is 85.6 Å². The molecule has 1 aliphatic carbocycles. The molecular formula is C43H49BrN2O12. The molecule has 3 aliphatic heterocycles. The number of esters is 1. The third-order valence-corrected chi connectivity index (χ3v) is 11.6. The summed E-state index contributed by atoms with van der Waals surface area (Å²) in [5, 5.41) is 39.8. The number of aliphatic hydroxyl groups excluding tert-OH is 2. The van der Waals surface area contributed by atoms with Gasteiger partial charge in [-0.3, -0.25) is 24.0 Å². The molecule has 0 saturated heterocycles. The maximum Gasteiger partial charge on any atom is 0.312 e. The zero-order valence-electron chi connectivity index (χ0n) is 33.7. The molecule has 58 heavy (non-hydrogen) atoms. The number of allylic oxidation sites excluding steroid dienone is 4. The van der Waals surface area contributed by atoms with Crippen LogP contribution < -0.4 is 15.4 Å². The number of rotatable bonds is 4. The Morgan fingerprint density at radius 2 is 1.57 bits per heavy atom. The minimum absolute atomic E-state index is 0.0213. The maximum atomic E-state index is 14.6. The molecule has 0 saturated carbocycles. The van der Waals surface area contributed by atoms with E-state index < -0.39 is 106 Å². The van der Waals surface area contributed by atoms with E-state index >= 15 is 0 Å². The van der Waals surface area contributed by atoms with Crippen LogP contribution in [0.4, 0.5) is 5.69 Å². The van der Waals surface area contributed by atoms with Gasteiger partial charge in [-0.2, -0.15) is 0 Å². The summed E-state index contributed by atoms with van der Waals surface area (Å²) < 4.78 is 24.2. The van der Waals surface area contributed by atoms with Crippen LogP contribution in [0.2, 0.25) is 0 Å². The molecule has 3 heterocycles. The van der Waals surface area contributed by atoms with Crippen LogP contribution in [0.3, 0.4) is 0 Å². The zero-order valence-corrected chi connectivity index (χ0v) is 35.3. The Hall–Kier alpha value is -5.09. The fourth-order valence-corrected chi connectivity index (χ4v) is 7.75. The molecule has 5 bridgehead atoms. The Morgan fingerprint density at radius 3 is 2.19 bits per heavy atom. The van der Waals surface area contributed by atoms with Crippen LogP contribution in [0.5, 0.6) is 11.5 Å². The number of carbonyl (C=O) groups is 5. The number of amides is 1. The van der Waals surface area contributed by atoms with Crippen molar-refractivity contribution in [3.05, 3.63) is 98.5 Å². The predicted molar refractivity (Wildman–Crippen MR) is 216 cm³/mol. The summed E-state index contributed by atoms with van der Waals surface area (Å²) in [6.45, 7) is 12.3. The lowest BCUT2D eigenvalue weighted by atomic mass is 9.78. The van der Waals surface area contributed by atoms with Gasteiger partial charge in [0.15, 0.2) is 0 Å². The van der Waals surface area contributed by atoms with E-state index in [9.17, 15) is 39.3 Å². The van der Waals surface area contributed by atoms with E-state index in [1.165, 1.54) is 47.0 Å². The van der Waals surface area contributed by atoms with Crippen molar-refractivity contribution in [2.75, 3.05) is 12.4 Å². The highest BCUT2D eigenvalue weighted by atomic mass is 79.9. The Morgan fingerprint density at radius 1 is 0.914 bits per heavy atom. The molecule has 9 unspecified atom stereocenters. The van der Waals surface area contributed by atoms with Crippen LogP contribution >= 0.6 is 15.9 Å². The number of hydrogen-bond acceptors (Lipinski definition) is 13. The van der Waals surface area contributed by atoms with Crippen molar-refractivity contribution in [3.8, 4) is 11.5 Å². The van der Waals surface area contributed by atoms with Crippen molar-refractivity contribution >= 4 is 50.8 Å². The molecule has 0 radical (unpaired) electrons. The van der Waals surface area contributed by atoms with Gasteiger partial charge >= 0.3 is 11.8 Å². The van der Waals surface area contributed by atoms with Gasteiger partial charge in [-0.05, 0) is 44.2 Å². The van der Waals surface area contributed by atoms with Gasteiger partial charge in [-0.1, -0.05) is 61.9 Å². The van der Waals surface area contributed by atoms with E-state index in [0.29, 0.717) is 5.69 Å². The second kappa shape index (κ2) is 17.4. The van der Waals surface area contributed by atoms with E-state index in [-0.39, 0.29) is 28.1 Å². The number of hydrogen-bond donors (Lipinski definition) is 5. The van der Waals surface area contributed by atoms with Crippen molar-refractivity contribution in [3.63, 3.8) is 0 Å². The van der Waals surface area contributed by atoms with Gasteiger partial charge < -0.3 is 44.9 Å². The molecule has 6 rings (SSSR count). The lowest BCUT2D eigenvalue weighted by molar-refractivity contribution is -0.160. The Balaban J connectivity index is 1.68. The fourth-order valence-electron chi connectivity index (χ4n) is 7.49. The Labute approximate surface area is 345 Å². The molecule has 14 nitrogen and oxygen atoms in total. The summed E-state index contributed by atoms with van der Waals surface area (Å²) in [7, 11) is 1.42. The van der Waals surface area contributed by atoms with E-state index in [4.69, 9.17) is 18.9 Å². The van der Waals surface area contributed by atoms with Gasteiger partial charge in [0, 0.05) is 65.9 Å². The van der Waals surface area contributed by atoms with E-state index in [0.717, 1.165) is 10.7 Å². The largest absolute Gasteiger partial charge is 0.507 e. The predicted octanol–water partition coefficient (Wildman–Crippen LogP) is 5.83. The van der Waals surface area contributed by atoms with Crippen LogP contribution in [0, 0.1) is 30.6 Å². The van der Waals surface area contributed by atoms with Gasteiger partial charge in [0.1, 0.15) is 29.0 Å². The third kappa shape index (κ3) is 8.39. The van der Waals surface area contributed by atoms with Crippen LogP contribution in [0.25, 0.3) is 0 Å². The standard InChI is InChI=1S/C43H49BrN2O12/c1-19-11-10-12-20(2)42(54)46-33-32(45-27-15-13-26(44)14-16-27)37(51)29-30(38(33)52)36(50)24(6)40-31(29)41(53)43(8,58-40)56-18-17-28(55-9)21(3)39(57-25(7)47)23(5)35(49)22(4)34(19)48/h10-19,21-23,28,34-35,39,45,48-50H,1-9H3,(H,46,54). The number of carbonyl (C=O) groups excluding carboxylic acids is 5. The highest BCUT2D eigenvalue weighted by Gasteiger charge is 2.53. The number of phenolic OH excluding ortho intramolecular Hbond substituents is 1. The highest BCUT2D eigenvalue weighted by molar-refractivity contribution is 9.10. The second-order valence-electron chi connectivity index (χ2n) is 15.2. The second-order valence-corrected chi connectivity index (χ2v) is 16.1. The van der Waals surface area contributed by atoms with E-state index in [1.54, 1.807) is 64.1 Å². The van der Waals surface area contributed by atoms with Gasteiger partial charge in [0.2, 0.25) is 11.6 Å². The highest BCUT2D eigenvalue weighted by Crippen LogP contribution is 2.48. The van der Waals surface area contributed by atoms with Crippen LogP contribution in [-0.4, -0.2) is 81.9 Å². The van der Waals surface area contributed by atoms with E-state index in [2.05, 4.69) is 26.6 Å². The number of nitrogens with one attached hydrogen (secondary N) is 2. The smallest absolute Gasteiger partial charge is 0.312 e. The maximum absolute atomic E-state index is 14.6. The van der Waals surface area contributed by atoms with E-state index in [1.807, 2.05) is 0 Å². The summed E-state index contributed by atoms with van der Waals surface area (Å²) in [5.74, 6) is -9.47. The molecule has 2 aromatic carbocycles. The average Bonchev–Trinajstić information content (AvgIpc) is 3.45. The number of fused-ring (bicyclic) bond motifs is 14. The number of methoxy groups -OCH3 is 1. The number of anilines is 1. The normalized spacial score (nSPS) is 29.4. The van der Waals surface area contributed by atoms with Crippen LogP contribution in [0.1, 0.15) is 85.1 Å². The van der Waals surface area contributed by atoms with Crippen LogP contribution in [-0.2, 0) is 23.8 Å². The average molecular weight is 866 g/mol. The summed E-state index contributed by atoms with van der Waals surface area (Å²) in [4.78, 5) is 69.4. The minimum atomic E-state index is -2.10. The van der Waals surface area contributed by atoms with Gasteiger partial charge in [-0.25, -0.2) is 0 Å². The van der Waals surface area contributed by atoms with Gasteiger partial charge in [0.05, 0.1) is 41.3 Å². The fraction of sp³-hybridized carbons (Fsp3) is 0.419. The Bertz CT molecular complexity index is 2140. The number of Topliss-reactive ketones (excluding diaryl/α,β-unsaturated/α-hetero) is 3. The molecule has 0 fully saturated rings. The van der Waals surface area contributed by atoms with Crippen molar-refractivity contribution in [1.29, 1.82) is 0 Å². The quantitative estimate of drug-likeness (QED) is 0.230. The molecule has 9 atom stereocenters. The molecule has 4 aliphatic rings. The first-order chi connectivity index (χ1) is 27.2. The van der Waals surface area contributed by atoms with Crippen LogP contribution in [0.15, 0.2) is 76.3 Å². The summed E-state index contributed by atoms with van der Waals surface area (Å²) in [6.07, 6.45) is 3.32. The number of halogens is 1. The number of phenols is 1. The van der Waals surface area contributed by atoms with Crippen molar-refractivity contribution in [1.82, 2.24) is 5.32 Å². The third-order valence-electron chi connectivity index (χ3n) is 11.1. The monoisotopic (exact) mass is 864 g/mol. The molecule has 0 aromatic heterocycles. The summed E-state index contributed by atoms with van der Waals surface area (Å²) >= 11 is 3.37. The zero-order chi connectivity index (χ0) is 43.0. The molecule has 1 amide bonds. The molecule has 5 N–H and O–H groups in total. The molecule has 310 valence electrons. The molecule has 0 spiro atoms. The number of benzene rings is 2. The first-order valence-corrected chi connectivity index (χ1v) is 19.6. The summed E-state index contributed by atoms with van der Waals surface area (Å²) in [5.41, 5.74) is -1.60. The molecule has 15 heteroatoms. The first kappa shape index (κ1) is 44.0. The lowest BCUT2D eigenvalue weighted by Crippen LogP contribution is -2.46. The molecule has 2 aromatic rings. The first-order valence-electron chi connectivity index (χ1n) is 18.8. The summed E-state index contributed by atoms with van der Waals surface area (Å²) in [6, 6.07) is 6.64. The number of ether oxygens (including phenoxy) is 4. The minimum Gasteiger partial charge on any atom is -0.507 e. The lowest BCUT2D eigenvalue weighted by Gasteiger charge is -2.38. The number of aromatic hydroxyl groups is 1. The van der Waals surface area contributed by atoms with Gasteiger partial charge in [-0.15, -0.1) is 0 Å². The topological polar surface area (TPSA) is 207 Å². The number of aliphatic hydroxyl groups is 2. The van der Waals surface area contributed by atoms with Gasteiger partial charge in [0.25, 0.3) is 11.7 Å². The van der Waals surface area contributed by atoms with Crippen molar-refractivity contribution < 1.29 is 58.2 Å². The number of ketones is 3. The molecular weight excluding hydrogens is 816 g/mol. The SMILES string of the molecule is COC1C=COC2(C)Oc3c(C)c(O)c4c(c3C2=O)C(=O)C(Nc2ccc(Br)cc2)=C(NC(=O)C(C)=CC=CC(C)C(O)C(C)C(O)C(C)C(OC(C)=O)C1C)C4=O. The Kier molecular flexibility index (Phi) is 13.2. The van der Waals surface area contributed by atoms with Crippen molar-refractivity contribution in [2.24, 2.45) is 23.7 Å².